The van der Waals surface area contributed by atoms with Crippen LogP contribution in [0.25, 0.3) is 0 Å². The van der Waals surface area contributed by atoms with Gasteiger partial charge in [-0.1, -0.05) is 0 Å². The molecule has 0 atom stereocenters. The first-order valence-electron chi connectivity index (χ1n) is 5.55. The molecule has 0 spiro atoms. The highest BCUT2D eigenvalue weighted by Crippen LogP contribution is 2.15. The van der Waals surface area contributed by atoms with Crippen molar-refractivity contribution in [3.8, 4) is 5.75 Å². The minimum Gasteiger partial charge on any atom is -0.490 e. The molecular weight excluding hydrogens is 218 g/mol. The molecule has 17 heavy (non-hydrogen) atoms. The fraction of sp³-hybridized carbons (Fsp3) is 0.462. The topological polar surface area (TPSA) is 61.5 Å². The summed E-state index contributed by atoms with van der Waals surface area (Å²) in [6.45, 7) is 6.04. The SMILES string of the molecule is CC(C)(C)C(=O)OCCOc1ccc(N)cc1. The lowest BCUT2D eigenvalue weighted by Gasteiger charge is -2.16. The summed E-state index contributed by atoms with van der Waals surface area (Å²) in [4.78, 5) is 11.4. The average molecular weight is 237 g/mol. The maximum atomic E-state index is 11.4. The molecule has 0 aliphatic rings. The number of carbonyl (C=O) groups excluding carboxylic acids is 1. The first kappa shape index (κ1) is 13.4. The summed E-state index contributed by atoms with van der Waals surface area (Å²) in [5.41, 5.74) is 5.76. The Kier molecular flexibility index (Phi) is 4.37. The zero-order valence-corrected chi connectivity index (χ0v) is 10.5. The molecule has 1 aromatic carbocycles. The first-order chi connectivity index (χ1) is 7.89. The van der Waals surface area contributed by atoms with Gasteiger partial charge in [0, 0.05) is 5.69 Å². The predicted octanol–water partition coefficient (Wildman–Crippen LogP) is 2.24. The van der Waals surface area contributed by atoms with Gasteiger partial charge in [-0.05, 0) is 45.0 Å². The van der Waals surface area contributed by atoms with Crippen LogP contribution in [-0.2, 0) is 9.53 Å². The molecule has 0 aliphatic carbocycles. The van der Waals surface area contributed by atoms with Gasteiger partial charge in [0.05, 0.1) is 5.41 Å². The Bertz CT molecular complexity index is 365. The van der Waals surface area contributed by atoms with Gasteiger partial charge in [-0.3, -0.25) is 4.79 Å². The van der Waals surface area contributed by atoms with E-state index < -0.39 is 5.41 Å². The molecule has 0 aromatic heterocycles. The minimum atomic E-state index is -0.471. The summed E-state index contributed by atoms with van der Waals surface area (Å²) >= 11 is 0. The van der Waals surface area contributed by atoms with Gasteiger partial charge in [-0.25, -0.2) is 0 Å². The van der Waals surface area contributed by atoms with Crippen LogP contribution >= 0.6 is 0 Å². The molecule has 0 radical (unpaired) electrons. The number of anilines is 1. The van der Waals surface area contributed by atoms with Crippen LogP contribution in [0.15, 0.2) is 24.3 Å². The molecule has 0 heterocycles. The number of rotatable bonds is 4. The van der Waals surface area contributed by atoms with E-state index in [0.717, 1.165) is 0 Å². The van der Waals surface area contributed by atoms with Crippen LogP contribution in [0.2, 0.25) is 0 Å². The molecule has 1 rings (SSSR count). The number of carbonyl (C=O) groups is 1. The third-order valence-corrected chi connectivity index (χ3v) is 2.08. The number of benzene rings is 1. The van der Waals surface area contributed by atoms with Gasteiger partial charge >= 0.3 is 5.97 Å². The average Bonchev–Trinajstić information content (AvgIpc) is 2.25. The van der Waals surface area contributed by atoms with Gasteiger partial charge in [0.1, 0.15) is 19.0 Å². The van der Waals surface area contributed by atoms with Crippen LogP contribution in [0.3, 0.4) is 0 Å². The van der Waals surface area contributed by atoms with Crippen LogP contribution in [0.4, 0.5) is 5.69 Å². The molecular formula is C13H19NO3. The highest BCUT2D eigenvalue weighted by atomic mass is 16.6. The Morgan fingerprint density at radius 1 is 1.18 bits per heavy atom. The van der Waals surface area contributed by atoms with E-state index in [0.29, 0.717) is 18.0 Å². The van der Waals surface area contributed by atoms with Crippen molar-refractivity contribution in [2.45, 2.75) is 20.8 Å². The van der Waals surface area contributed by atoms with Crippen molar-refractivity contribution in [2.75, 3.05) is 18.9 Å². The standard InChI is InChI=1S/C13H19NO3/c1-13(2,3)12(15)17-9-8-16-11-6-4-10(14)5-7-11/h4-7H,8-9,14H2,1-3H3. The third kappa shape index (κ3) is 4.76. The summed E-state index contributed by atoms with van der Waals surface area (Å²) in [5, 5.41) is 0. The van der Waals surface area contributed by atoms with Crippen molar-refractivity contribution >= 4 is 11.7 Å². The largest absolute Gasteiger partial charge is 0.490 e. The first-order valence-corrected chi connectivity index (χ1v) is 5.55. The van der Waals surface area contributed by atoms with E-state index in [2.05, 4.69) is 0 Å². The van der Waals surface area contributed by atoms with E-state index >= 15 is 0 Å². The van der Waals surface area contributed by atoms with Crippen LogP contribution in [0.1, 0.15) is 20.8 Å². The molecule has 0 bridgehead atoms. The van der Waals surface area contributed by atoms with Gasteiger partial charge in [-0.2, -0.15) is 0 Å². The number of hydrogen-bond acceptors (Lipinski definition) is 4. The fourth-order valence-corrected chi connectivity index (χ4v) is 1.07. The molecule has 4 nitrogen and oxygen atoms in total. The maximum absolute atomic E-state index is 11.4. The molecule has 0 fully saturated rings. The minimum absolute atomic E-state index is 0.224. The molecule has 1 aromatic rings. The predicted molar refractivity (Wildman–Crippen MR) is 66.8 cm³/mol. The second-order valence-electron chi connectivity index (χ2n) is 4.80. The molecule has 0 saturated carbocycles. The summed E-state index contributed by atoms with van der Waals surface area (Å²) in [7, 11) is 0. The van der Waals surface area contributed by atoms with Crippen LogP contribution in [0.5, 0.6) is 5.75 Å². The monoisotopic (exact) mass is 237 g/mol. The third-order valence-electron chi connectivity index (χ3n) is 2.08. The number of hydrogen-bond donors (Lipinski definition) is 1. The Morgan fingerprint density at radius 3 is 2.29 bits per heavy atom. The maximum Gasteiger partial charge on any atom is 0.311 e. The van der Waals surface area contributed by atoms with E-state index in [1.165, 1.54) is 0 Å². The summed E-state index contributed by atoms with van der Waals surface area (Å²) < 4.78 is 10.5. The van der Waals surface area contributed by atoms with Crippen LogP contribution in [0, 0.1) is 5.41 Å². The van der Waals surface area contributed by atoms with Crippen molar-refractivity contribution < 1.29 is 14.3 Å². The Balaban J connectivity index is 2.25. The van der Waals surface area contributed by atoms with Gasteiger partial charge in [-0.15, -0.1) is 0 Å². The van der Waals surface area contributed by atoms with Crippen molar-refractivity contribution in [1.82, 2.24) is 0 Å². The number of nitrogens with two attached hydrogens (primary N) is 1. The molecule has 0 unspecified atom stereocenters. The lowest BCUT2D eigenvalue weighted by Crippen LogP contribution is -2.24. The lowest BCUT2D eigenvalue weighted by atomic mass is 9.97. The Labute approximate surface area is 102 Å². The molecule has 2 N–H and O–H groups in total. The van der Waals surface area contributed by atoms with E-state index in [1.807, 2.05) is 20.8 Å². The van der Waals surface area contributed by atoms with Gasteiger partial charge in [0.25, 0.3) is 0 Å². The highest BCUT2D eigenvalue weighted by Gasteiger charge is 2.22. The molecule has 0 amide bonds. The van der Waals surface area contributed by atoms with Gasteiger partial charge < -0.3 is 15.2 Å². The van der Waals surface area contributed by atoms with E-state index in [9.17, 15) is 4.79 Å². The summed E-state index contributed by atoms with van der Waals surface area (Å²) in [5.74, 6) is 0.490. The Morgan fingerprint density at radius 2 is 1.76 bits per heavy atom. The lowest BCUT2D eigenvalue weighted by molar-refractivity contribution is -0.153. The van der Waals surface area contributed by atoms with Crippen LogP contribution < -0.4 is 10.5 Å². The molecule has 4 heteroatoms. The quantitative estimate of drug-likeness (QED) is 0.495. The van der Waals surface area contributed by atoms with Crippen molar-refractivity contribution in [2.24, 2.45) is 5.41 Å². The smallest absolute Gasteiger partial charge is 0.311 e. The van der Waals surface area contributed by atoms with Crippen molar-refractivity contribution in [1.29, 1.82) is 0 Å². The zero-order valence-electron chi connectivity index (χ0n) is 10.5. The van der Waals surface area contributed by atoms with Crippen molar-refractivity contribution in [3.05, 3.63) is 24.3 Å². The van der Waals surface area contributed by atoms with Gasteiger partial charge in [0.15, 0.2) is 0 Å². The zero-order chi connectivity index (χ0) is 12.9. The fourth-order valence-electron chi connectivity index (χ4n) is 1.07. The second kappa shape index (κ2) is 5.57. The molecule has 0 aliphatic heterocycles. The number of nitrogen functional groups attached to an aromatic ring is 1. The van der Waals surface area contributed by atoms with E-state index in [4.69, 9.17) is 15.2 Å². The molecule has 94 valence electrons. The highest BCUT2D eigenvalue weighted by molar-refractivity contribution is 5.75. The number of esters is 1. The summed E-state index contributed by atoms with van der Waals surface area (Å²) in [6, 6.07) is 7.08. The van der Waals surface area contributed by atoms with E-state index in [-0.39, 0.29) is 12.6 Å². The Hall–Kier alpha value is -1.71. The molecule has 0 saturated heterocycles. The van der Waals surface area contributed by atoms with Gasteiger partial charge in [0.2, 0.25) is 0 Å². The normalized spacial score (nSPS) is 11.0. The van der Waals surface area contributed by atoms with Crippen LogP contribution in [-0.4, -0.2) is 19.2 Å². The number of ether oxygens (including phenoxy) is 2. The van der Waals surface area contributed by atoms with Crippen molar-refractivity contribution in [3.63, 3.8) is 0 Å². The van der Waals surface area contributed by atoms with E-state index in [1.54, 1.807) is 24.3 Å². The summed E-state index contributed by atoms with van der Waals surface area (Å²) in [6.07, 6.45) is 0. The second-order valence-corrected chi connectivity index (χ2v) is 4.80.